The number of ketones is 1. The molecule has 2 aliphatic rings. The molecular formula is C100H148N12O34. The summed E-state index contributed by atoms with van der Waals surface area (Å²) in [6.07, 6.45) is 3.40. The summed E-state index contributed by atoms with van der Waals surface area (Å²) >= 11 is 0. The first-order valence-corrected chi connectivity index (χ1v) is 49.1. The van der Waals surface area contributed by atoms with Crippen LogP contribution in [0.1, 0.15) is 131 Å². The fourth-order valence-electron chi connectivity index (χ4n) is 13.2. The average Bonchev–Trinajstić information content (AvgIpc) is 1.64. The molecule has 2 atom stereocenters. The second kappa shape index (κ2) is 73.9. The minimum absolute atomic E-state index is 0.0163. The van der Waals surface area contributed by atoms with Crippen molar-refractivity contribution < 1.29 is 162 Å². The normalized spacial score (nSPS) is 12.8. The molecule has 0 saturated heterocycles. The van der Waals surface area contributed by atoms with Crippen molar-refractivity contribution in [3.8, 4) is 11.5 Å². The van der Waals surface area contributed by atoms with Gasteiger partial charge < -0.3 is 135 Å². The predicted molar refractivity (Wildman–Crippen MR) is 523 cm³/mol. The number of hydrogen-bond acceptors (Lipinski definition) is 37. The summed E-state index contributed by atoms with van der Waals surface area (Å²) in [4.78, 5) is 127. The Labute approximate surface area is 851 Å². The largest absolute Gasteiger partial charge is 0.487 e. The zero-order valence-corrected chi connectivity index (χ0v) is 85.1. The van der Waals surface area contributed by atoms with Crippen molar-refractivity contribution in [1.82, 2.24) is 61.1 Å². The second-order valence-corrected chi connectivity index (χ2v) is 34.4. The van der Waals surface area contributed by atoms with Crippen molar-refractivity contribution in [2.45, 2.75) is 130 Å². The number of nitrogens with one attached hydrogen (secondary N) is 4. The van der Waals surface area contributed by atoms with E-state index in [1.165, 1.54) is 9.80 Å². The number of carboxylic acid groups (broad SMARTS) is 1. The number of rotatable bonds is 84. The van der Waals surface area contributed by atoms with Gasteiger partial charge in [0, 0.05) is 52.5 Å². The number of aromatic nitrogens is 6. The molecule has 0 bridgehead atoms. The van der Waals surface area contributed by atoms with Crippen LogP contribution in [0.4, 0.5) is 9.59 Å². The number of ether oxygens (including phenoxy) is 23. The second-order valence-electron chi connectivity index (χ2n) is 34.4. The molecule has 2 aromatic heterocycles. The molecule has 46 heteroatoms. The van der Waals surface area contributed by atoms with E-state index in [0.29, 0.717) is 275 Å². The van der Waals surface area contributed by atoms with E-state index in [1.54, 1.807) is 155 Å². The lowest BCUT2D eigenvalue weighted by atomic mass is 9.99. The quantitative estimate of drug-likeness (QED) is 0.0230. The number of amides is 8. The molecule has 8 amide bonds. The Morgan fingerprint density at radius 2 is 0.610 bits per heavy atom. The molecule has 4 heterocycles. The third-order valence-electron chi connectivity index (χ3n) is 20.4. The highest BCUT2D eigenvalue weighted by atomic mass is 16.6. The Morgan fingerprint density at radius 3 is 0.904 bits per heavy atom. The van der Waals surface area contributed by atoms with Crippen molar-refractivity contribution in [2.75, 3.05) is 278 Å². The maximum atomic E-state index is 13.6. The first kappa shape index (κ1) is 122. The van der Waals surface area contributed by atoms with Crippen LogP contribution in [-0.2, 0) is 158 Å². The fraction of sp³-hybridized carbons (Fsp3) is 0.620. The van der Waals surface area contributed by atoms with Gasteiger partial charge in [0.25, 0.3) is 23.6 Å². The summed E-state index contributed by atoms with van der Waals surface area (Å²) in [6.45, 7) is 26.6. The number of carbonyl (C=O) groups is 10. The van der Waals surface area contributed by atoms with E-state index in [1.807, 2.05) is 12.1 Å². The molecule has 146 heavy (non-hydrogen) atoms. The Kier molecular flexibility index (Phi) is 61.7. The highest BCUT2D eigenvalue weighted by Gasteiger charge is 2.36. The van der Waals surface area contributed by atoms with Crippen LogP contribution in [0.5, 0.6) is 11.5 Å². The fourth-order valence-corrected chi connectivity index (χ4v) is 13.2. The number of methoxy groups -OCH3 is 1. The summed E-state index contributed by atoms with van der Waals surface area (Å²) in [5.41, 5.74) is 3.13. The van der Waals surface area contributed by atoms with Gasteiger partial charge in [0.2, 0.25) is 11.8 Å². The van der Waals surface area contributed by atoms with Crippen LogP contribution in [-0.4, -0.2) is 405 Å². The van der Waals surface area contributed by atoms with Crippen molar-refractivity contribution in [3.05, 3.63) is 154 Å². The van der Waals surface area contributed by atoms with Gasteiger partial charge in [0.1, 0.15) is 53.3 Å². The summed E-state index contributed by atoms with van der Waals surface area (Å²) < 4.78 is 130. The molecule has 2 aliphatic heterocycles. The van der Waals surface area contributed by atoms with Gasteiger partial charge in [-0.15, -0.1) is 10.2 Å². The van der Waals surface area contributed by atoms with Gasteiger partial charge in [-0.05, 0) is 114 Å². The summed E-state index contributed by atoms with van der Waals surface area (Å²) in [5, 5.41) is 36.8. The maximum absolute atomic E-state index is 13.6. The molecule has 46 nitrogen and oxygen atoms in total. The SMILES string of the molecule is CC(C)(C)OC(=O)NCCn1cc(COc2ccc(C[C@H](NC(=O)CCOCCOCCOCCOCCN3C(=O)c4ccccc4C3=O)C(=O)O)cc2)nn1.COCCOCCOCCOCCOCCOCCOCCOCCOCCOCCOCCCC(=O)[C@H](Cc1ccc(OCc2cn(CCNC(=O)OC(C)(C)C)nn2)cc1)NC(=O)CCOCCOCCOCCOCCN1C(=O)c2ccccc2C1=O. The van der Waals surface area contributed by atoms with Crippen LogP contribution in [0.25, 0.3) is 0 Å². The molecule has 0 saturated carbocycles. The van der Waals surface area contributed by atoms with Crippen LogP contribution >= 0.6 is 0 Å². The van der Waals surface area contributed by atoms with Crippen LogP contribution in [0.2, 0.25) is 0 Å². The molecule has 0 radical (unpaired) electrons. The molecule has 4 aromatic carbocycles. The summed E-state index contributed by atoms with van der Waals surface area (Å²) in [7, 11) is 1.64. The predicted octanol–water partition coefficient (Wildman–Crippen LogP) is 5.57. The van der Waals surface area contributed by atoms with E-state index >= 15 is 0 Å². The van der Waals surface area contributed by atoms with Gasteiger partial charge in [-0.25, -0.2) is 14.4 Å². The van der Waals surface area contributed by atoms with Crippen molar-refractivity contribution in [3.63, 3.8) is 0 Å². The van der Waals surface area contributed by atoms with E-state index in [9.17, 15) is 53.1 Å². The number of aliphatic carboxylic acids is 1. The Hall–Kier alpha value is -11.1. The average molecular weight is 2060 g/mol. The van der Waals surface area contributed by atoms with Crippen molar-refractivity contribution >= 4 is 59.4 Å². The highest BCUT2D eigenvalue weighted by Crippen LogP contribution is 2.25. The molecule has 0 unspecified atom stereocenters. The lowest BCUT2D eigenvalue weighted by molar-refractivity contribution is -0.142. The van der Waals surface area contributed by atoms with Gasteiger partial charge in [0.05, 0.1) is 305 Å². The molecule has 0 fully saturated rings. The summed E-state index contributed by atoms with van der Waals surface area (Å²) in [5.74, 6) is -2.22. The molecule has 8 rings (SSSR count). The Balaban J connectivity index is 0.000000440. The molecule has 0 spiro atoms. The van der Waals surface area contributed by atoms with Crippen molar-refractivity contribution in [2.24, 2.45) is 0 Å². The smallest absolute Gasteiger partial charge is 0.407 e. The van der Waals surface area contributed by atoms with Crippen molar-refractivity contribution in [1.29, 1.82) is 0 Å². The molecular weight excluding hydrogens is 1910 g/mol. The molecule has 6 aromatic rings. The Morgan fingerprint density at radius 1 is 0.336 bits per heavy atom. The van der Waals surface area contributed by atoms with Gasteiger partial charge in [-0.1, -0.05) is 59.0 Å². The van der Waals surface area contributed by atoms with Crippen LogP contribution in [0.3, 0.4) is 0 Å². The van der Waals surface area contributed by atoms with Gasteiger partial charge in [-0.3, -0.25) is 52.7 Å². The number of carbonyl (C=O) groups excluding carboxylic acids is 9. The number of Topliss-reactive ketones (excluding diaryl/α,β-unsaturated/α-hetero) is 1. The van der Waals surface area contributed by atoms with Crippen LogP contribution in [0.15, 0.2) is 109 Å². The maximum Gasteiger partial charge on any atom is 0.407 e. The first-order valence-electron chi connectivity index (χ1n) is 49.1. The number of benzene rings is 4. The first-order chi connectivity index (χ1) is 70.8. The minimum atomic E-state index is -1.16. The van der Waals surface area contributed by atoms with Crippen LogP contribution in [0, 0.1) is 0 Å². The lowest BCUT2D eigenvalue weighted by Crippen LogP contribution is -2.42. The number of fused-ring (bicyclic) bond motifs is 2. The lowest BCUT2D eigenvalue weighted by Gasteiger charge is -2.19. The number of nitrogens with zero attached hydrogens (tertiary/aromatic N) is 8. The van der Waals surface area contributed by atoms with Crippen LogP contribution < -0.4 is 30.7 Å². The number of imide groups is 2. The summed E-state index contributed by atoms with van der Waals surface area (Å²) in [6, 6.07) is 25.7. The van der Waals surface area contributed by atoms with E-state index < -0.39 is 47.3 Å². The number of hydrogen-bond donors (Lipinski definition) is 5. The standard InChI is InChI=1S/C62H98N6O22.C38H50N6O12/c1-62(2,3)90-61(73)63-16-17-67-49-52(65-66-67)50-89-53-13-11-51(12-14-53)48-56(64-58(70)15-20-76-25-28-80-33-34-81-29-26-77-21-18-68-59(71)54-8-5-6-9-55(54)60(68)72)57(69)10-7-19-75-24-27-79-32-35-83-38-39-85-42-43-87-46-47-88-45-44-86-41-40-84-37-36-82-31-30-78-23-22-74-4;1-38(2,3)56-37(50)39-13-14-43-25-28(41-42-43)26-55-29-10-8-27(9-11-29)24-32(36(48)49)40-33(45)12-16-51-18-20-53-22-23-54-21-19-52-17-15-44-34(46)30-6-4-5-7-31(30)35(44)47/h5-6,8-9,11-14,49,56H,7,10,15-48,50H2,1-4H3,(H,63,73)(H,64,70);4-11,25,32H,12-24,26H2,1-3H3,(H,39,50)(H,40,45)(H,48,49)/t56-;32-/m00/s1. The zero-order chi connectivity index (χ0) is 105. The van der Waals surface area contributed by atoms with Gasteiger partial charge in [0.15, 0.2) is 5.78 Å². The highest BCUT2D eigenvalue weighted by molar-refractivity contribution is 6.22. The van der Waals surface area contributed by atoms with E-state index in [2.05, 4.69) is 41.9 Å². The molecule has 5 N–H and O–H groups in total. The number of alkyl carbamates (subject to hydrolysis) is 2. The molecule has 812 valence electrons. The van der Waals surface area contributed by atoms with Gasteiger partial charge in [-0.2, -0.15) is 0 Å². The third kappa shape index (κ3) is 54.5. The molecule has 0 aliphatic carbocycles. The Bertz CT molecular complexity index is 4600. The van der Waals surface area contributed by atoms with E-state index in [0.717, 1.165) is 5.56 Å². The van der Waals surface area contributed by atoms with E-state index in [4.69, 9.17) is 109 Å². The number of carboxylic acids is 1. The topological polar surface area (TPSA) is 519 Å². The third-order valence-corrected chi connectivity index (χ3v) is 20.4. The zero-order valence-electron chi connectivity index (χ0n) is 85.1. The minimum Gasteiger partial charge on any atom is -0.487 e. The monoisotopic (exact) mass is 2060 g/mol. The van der Waals surface area contributed by atoms with E-state index in [-0.39, 0.29) is 147 Å². The van der Waals surface area contributed by atoms with Gasteiger partial charge >= 0.3 is 18.2 Å².